The first-order valence-electron chi connectivity index (χ1n) is 3.28. The maximum Gasteiger partial charge on any atom is 0.402 e. The fraction of sp³-hybridized carbons (Fsp3) is 0.571. The number of allylic oxidation sites excluding steroid dienone is 2. The van der Waals surface area contributed by atoms with Crippen LogP contribution in [0.3, 0.4) is 0 Å². The minimum Gasteiger partial charge on any atom is -0.465 e. The fourth-order valence-corrected chi connectivity index (χ4v) is 0.333. The summed E-state index contributed by atoms with van der Waals surface area (Å²) in [6.07, 6.45) is 5.38. The molecular weight excluding hydrogens is 130 g/mol. The van der Waals surface area contributed by atoms with Crippen LogP contribution in [0.5, 0.6) is 0 Å². The highest BCUT2D eigenvalue weighted by atomic mass is 16.4. The summed E-state index contributed by atoms with van der Waals surface area (Å²) in [6, 6.07) is 0. The summed E-state index contributed by atoms with van der Waals surface area (Å²) < 4.78 is 0. The van der Waals surface area contributed by atoms with Crippen LogP contribution in [-0.2, 0) is 0 Å². The van der Waals surface area contributed by atoms with Crippen molar-refractivity contribution in [3.05, 3.63) is 12.2 Å². The number of rotatable bonds is 2. The molecule has 10 heavy (non-hydrogen) atoms. The lowest BCUT2D eigenvalue weighted by Gasteiger charge is -1.72. The van der Waals surface area contributed by atoms with Gasteiger partial charge in [0, 0.05) is 0 Å². The molecule has 0 aromatic carbocycles. The SMILES string of the molecule is CC/C=C\CC.NC(=O)O. The second kappa shape index (κ2) is 10.9. The number of hydrogen-bond donors (Lipinski definition) is 2. The van der Waals surface area contributed by atoms with E-state index in [-0.39, 0.29) is 0 Å². The van der Waals surface area contributed by atoms with Crippen LogP contribution in [0.2, 0.25) is 0 Å². The van der Waals surface area contributed by atoms with Crippen LogP contribution < -0.4 is 5.73 Å². The first-order chi connectivity index (χ1) is 4.65. The molecule has 60 valence electrons. The molecule has 0 aromatic rings. The fourth-order valence-electron chi connectivity index (χ4n) is 0.333. The lowest BCUT2D eigenvalue weighted by Crippen LogP contribution is -2.03. The maximum atomic E-state index is 8.78. The summed E-state index contributed by atoms with van der Waals surface area (Å²) in [6.45, 7) is 4.29. The van der Waals surface area contributed by atoms with Gasteiger partial charge in [-0.1, -0.05) is 26.0 Å². The third-order valence-corrected chi connectivity index (χ3v) is 0.638. The van der Waals surface area contributed by atoms with E-state index < -0.39 is 6.09 Å². The number of primary amides is 1. The third kappa shape index (κ3) is 62.7. The zero-order chi connectivity index (χ0) is 8.41. The lowest BCUT2D eigenvalue weighted by molar-refractivity contribution is 0.205. The number of amides is 1. The van der Waals surface area contributed by atoms with E-state index in [1.165, 1.54) is 12.8 Å². The van der Waals surface area contributed by atoms with Crippen LogP contribution in [0.4, 0.5) is 4.79 Å². The molecule has 0 heterocycles. The van der Waals surface area contributed by atoms with Gasteiger partial charge in [0.25, 0.3) is 0 Å². The molecule has 0 aliphatic heterocycles. The molecule has 0 aliphatic carbocycles. The van der Waals surface area contributed by atoms with E-state index >= 15 is 0 Å². The van der Waals surface area contributed by atoms with Gasteiger partial charge >= 0.3 is 6.09 Å². The molecule has 0 spiro atoms. The Labute approximate surface area is 61.5 Å². The Morgan fingerprint density at radius 3 is 1.70 bits per heavy atom. The second-order valence-corrected chi connectivity index (χ2v) is 1.63. The Kier molecular flexibility index (Phi) is 12.8. The average molecular weight is 145 g/mol. The molecule has 1 amide bonds. The first kappa shape index (κ1) is 11.8. The number of carbonyl (C=O) groups is 1. The van der Waals surface area contributed by atoms with Crippen molar-refractivity contribution in [3.8, 4) is 0 Å². The summed E-state index contributed by atoms with van der Waals surface area (Å²) >= 11 is 0. The van der Waals surface area contributed by atoms with Crippen LogP contribution in [0.15, 0.2) is 12.2 Å². The molecule has 3 heteroatoms. The first-order valence-corrected chi connectivity index (χ1v) is 3.28. The smallest absolute Gasteiger partial charge is 0.402 e. The van der Waals surface area contributed by atoms with E-state index in [2.05, 4.69) is 31.7 Å². The molecule has 0 bridgehead atoms. The molecule has 0 atom stereocenters. The maximum absolute atomic E-state index is 8.78. The van der Waals surface area contributed by atoms with Crippen LogP contribution in [0.25, 0.3) is 0 Å². The van der Waals surface area contributed by atoms with Gasteiger partial charge in [0.15, 0.2) is 0 Å². The summed E-state index contributed by atoms with van der Waals surface area (Å²) in [5, 5.41) is 7.19. The molecule has 0 saturated heterocycles. The largest absolute Gasteiger partial charge is 0.465 e. The van der Waals surface area contributed by atoms with Gasteiger partial charge < -0.3 is 10.8 Å². The van der Waals surface area contributed by atoms with Gasteiger partial charge in [-0.3, -0.25) is 0 Å². The minimum absolute atomic E-state index is 1.17. The van der Waals surface area contributed by atoms with Crippen LogP contribution in [-0.4, -0.2) is 11.2 Å². The van der Waals surface area contributed by atoms with Gasteiger partial charge in [-0.2, -0.15) is 0 Å². The average Bonchev–Trinajstić information content (AvgIpc) is 1.82. The molecule has 0 unspecified atom stereocenters. The quantitative estimate of drug-likeness (QED) is 0.583. The van der Waals surface area contributed by atoms with E-state index in [1.807, 2.05) is 0 Å². The van der Waals surface area contributed by atoms with Gasteiger partial charge in [0.2, 0.25) is 0 Å². The minimum atomic E-state index is -1.33. The molecule has 0 rings (SSSR count). The normalized spacial score (nSPS) is 8.60. The molecule has 0 aromatic heterocycles. The number of carboxylic acid groups (broad SMARTS) is 1. The predicted molar refractivity (Wildman–Crippen MR) is 41.9 cm³/mol. The van der Waals surface area contributed by atoms with Crippen molar-refractivity contribution in [2.75, 3.05) is 0 Å². The zero-order valence-electron chi connectivity index (χ0n) is 6.50. The molecule has 0 saturated carbocycles. The van der Waals surface area contributed by atoms with Crippen molar-refractivity contribution in [3.63, 3.8) is 0 Å². The Bertz CT molecular complexity index is 89.8. The second-order valence-electron chi connectivity index (χ2n) is 1.63. The van der Waals surface area contributed by atoms with Gasteiger partial charge in [-0.25, -0.2) is 4.79 Å². The van der Waals surface area contributed by atoms with E-state index in [1.54, 1.807) is 0 Å². The highest BCUT2D eigenvalue weighted by Gasteiger charge is 1.65. The Balaban J connectivity index is 0. The highest BCUT2D eigenvalue weighted by molar-refractivity contribution is 5.61. The van der Waals surface area contributed by atoms with Gasteiger partial charge in [0.1, 0.15) is 0 Å². The van der Waals surface area contributed by atoms with E-state index in [4.69, 9.17) is 9.90 Å². The molecule has 0 radical (unpaired) electrons. The summed E-state index contributed by atoms with van der Waals surface area (Å²) in [5.74, 6) is 0. The summed E-state index contributed by atoms with van der Waals surface area (Å²) in [7, 11) is 0. The summed E-state index contributed by atoms with van der Waals surface area (Å²) in [4.78, 5) is 8.78. The monoisotopic (exact) mass is 145 g/mol. The van der Waals surface area contributed by atoms with Crippen LogP contribution in [0, 0.1) is 0 Å². The number of nitrogens with two attached hydrogens (primary N) is 1. The topological polar surface area (TPSA) is 63.3 Å². The van der Waals surface area contributed by atoms with Crippen LogP contribution in [0.1, 0.15) is 26.7 Å². The molecule has 0 aliphatic rings. The standard InChI is InChI=1S/C6H12.CH3NO2/c1-3-5-6-4-2;2-1(3)4/h5-6H,3-4H2,1-2H3;2H2,(H,3,4)/b6-5-;. The van der Waals surface area contributed by atoms with Gasteiger partial charge in [0.05, 0.1) is 0 Å². The molecule has 3 nitrogen and oxygen atoms in total. The van der Waals surface area contributed by atoms with Crippen molar-refractivity contribution in [2.45, 2.75) is 26.7 Å². The van der Waals surface area contributed by atoms with Gasteiger partial charge in [-0.05, 0) is 12.8 Å². The summed E-state index contributed by atoms with van der Waals surface area (Å²) in [5.41, 5.74) is 4.03. The number of hydrogen-bond acceptors (Lipinski definition) is 1. The van der Waals surface area contributed by atoms with Crippen molar-refractivity contribution >= 4 is 6.09 Å². The van der Waals surface area contributed by atoms with Gasteiger partial charge in [-0.15, -0.1) is 0 Å². The van der Waals surface area contributed by atoms with E-state index in [9.17, 15) is 0 Å². The van der Waals surface area contributed by atoms with Crippen molar-refractivity contribution < 1.29 is 9.90 Å². The van der Waals surface area contributed by atoms with Crippen molar-refractivity contribution in [2.24, 2.45) is 5.73 Å². The zero-order valence-corrected chi connectivity index (χ0v) is 6.50. The van der Waals surface area contributed by atoms with Crippen molar-refractivity contribution in [1.82, 2.24) is 0 Å². The van der Waals surface area contributed by atoms with Crippen LogP contribution >= 0.6 is 0 Å². The molecule has 0 fully saturated rings. The van der Waals surface area contributed by atoms with E-state index in [0.717, 1.165) is 0 Å². The Morgan fingerprint density at radius 1 is 1.40 bits per heavy atom. The highest BCUT2D eigenvalue weighted by Crippen LogP contribution is 1.81. The van der Waals surface area contributed by atoms with E-state index in [0.29, 0.717) is 0 Å². The molecule has 3 N–H and O–H groups in total. The predicted octanol–water partition coefficient (Wildman–Crippen LogP) is 1.99. The molecular formula is C7H15NO2. The Hall–Kier alpha value is -0.990. The van der Waals surface area contributed by atoms with Crippen molar-refractivity contribution in [1.29, 1.82) is 0 Å². The third-order valence-electron chi connectivity index (χ3n) is 0.638. The Morgan fingerprint density at radius 2 is 1.60 bits per heavy atom. The lowest BCUT2D eigenvalue weighted by atomic mass is 10.4.